The number of aromatic nitrogens is 2. The number of benzene rings is 2. The Bertz CT molecular complexity index is 1400. The van der Waals surface area contributed by atoms with E-state index in [2.05, 4.69) is 73.4 Å². The van der Waals surface area contributed by atoms with E-state index in [1.54, 1.807) is 7.11 Å². The Labute approximate surface area is 256 Å². The van der Waals surface area contributed by atoms with Gasteiger partial charge in [0.15, 0.2) is 0 Å². The molecule has 7 nitrogen and oxygen atoms in total. The lowest BCUT2D eigenvalue weighted by Gasteiger charge is -2.36. The van der Waals surface area contributed by atoms with Crippen molar-refractivity contribution in [1.29, 1.82) is 0 Å². The summed E-state index contributed by atoms with van der Waals surface area (Å²) in [5.41, 5.74) is 5.62. The Morgan fingerprint density at radius 1 is 0.977 bits per heavy atom. The summed E-state index contributed by atoms with van der Waals surface area (Å²) in [5, 5.41) is 13.8. The second-order valence-electron chi connectivity index (χ2n) is 13.1. The van der Waals surface area contributed by atoms with Gasteiger partial charge in [-0.15, -0.1) is 0 Å². The van der Waals surface area contributed by atoms with E-state index in [1.807, 2.05) is 16.9 Å². The third kappa shape index (κ3) is 7.49. The molecule has 0 saturated heterocycles. The van der Waals surface area contributed by atoms with Crippen LogP contribution in [0.1, 0.15) is 94.7 Å². The molecule has 2 fully saturated rings. The molecule has 230 valence electrons. The molecule has 2 aromatic carbocycles. The van der Waals surface area contributed by atoms with Gasteiger partial charge in [-0.25, -0.2) is 0 Å². The standard InChI is InChI=1S/C36H47N3O4/c1-24(2)39-23-32(21-37-39)30-6-5-7-33(20-30)38(36(42)29-14-8-26(9-15-29)19-35(40)41)22-27-10-12-28(13-11-27)31-16-17-34(43-4)25(3)18-31/h5-7,16-18,20-21,23-24,26-29H,8-15,19,22H2,1-4H3,(H,40,41)/t26-,27-,28-,29-. The van der Waals surface area contributed by atoms with E-state index >= 15 is 0 Å². The second kappa shape index (κ2) is 13.8. The van der Waals surface area contributed by atoms with Crippen LogP contribution in [0.25, 0.3) is 11.1 Å². The highest BCUT2D eigenvalue weighted by Crippen LogP contribution is 2.39. The lowest BCUT2D eigenvalue weighted by Crippen LogP contribution is -2.41. The van der Waals surface area contributed by atoms with Gasteiger partial charge in [0.05, 0.1) is 13.3 Å². The average Bonchev–Trinajstić information content (AvgIpc) is 3.51. The zero-order chi connectivity index (χ0) is 30.5. The zero-order valence-electron chi connectivity index (χ0n) is 26.2. The monoisotopic (exact) mass is 585 g/mol. The largest absolute Gasteiger partial charge is 0.496 e. The maximum atomic E-state index is 14.2. The molecule has 0 radical (unpaired) electrons. The molecule has 0 bridgehead atoms. The third-order valence-electron chi connectivity index (χ3n) is 9.72. The first kappa shape index (κ1) is 30.8. The van der Waals surface area contributed by atoms with Crippen LogP contribution in [0.4, 0.5) is 5.69 Å². The maximum absolute atomic E-state index is 14.2. The van der Waals surface area contributed by atoms with Gasteiger partial charge in [-0.3, -0.25) is 14.3 Å². The van der Waals surface area contributed by atoms with Gasteiger partial charge in [0.25, 0.3) is 0 Å². The van der Waals surface area contributed by atoms with Crippen molar-refractivity contribution in [2.24, 2.45) is 17.8 Å². The molecule has 1 aromatic heterocycles. The Hall–Kier alpha value is -3.61. The second-order valence-corrected chi connectivity index (χ2v) is 13.1. The van der Waals surface area contributed by atoms with Crippen LogP contribution in [-0.2, 0) is 9.59 Å². The molecule has 43 heavy (non-hydrogen) atoms. The fourth-order valence-corrected chi connectivity index (χ4v) is 7.12. The van der Waals surface area contributed by atoms with Gasteiger partial charge in [-0.05, 0) is 125 Å². The van der Waals surface area contributed by atoms with E-state index in [-0.39, 0.29) is 30.2 Å². The molecule has 3 aromatic rings. The van der Waals surface area contributed by atoms with Crippen molar-refractivity contribution in [3.05, 3.63) is 66.0 Å². The number of amides is 1. The van der Waals surface area contributed by atoms with Crippen LogP contribution in [0.15, 0.2) is 54.9 Å². The first-order chi connectivity index (χ1) is 20.7. The molecule has 2 aliphatic carbocycles. The smallest absolute Gasteiger partial charge is 0.303 e. The average molecular weight is 586 g/mol. The van der Waals surface area contributed by atoms with Crippen LogP contribution in [0.2, 0.25) is 0 Å². The van der Waals surface area contributed by atoms with Crippen molar-refractivity contribution in [1.82, 2.24) is 9.78 Å². The number of aryl methyl sites for hydroxylation is 1. The van der Waals surface area contributed by atoms with Crippen LogP contribution in [0.5, 0.6) is 5.75 Å². The summed E-state index contributed by atoms with van der Waals surface area (Å²) < 4.78 is 7.43. The first-order valence-electron chi connectivity index (χ1n) is 16.0. The van der Waals surface area contributed by atoms with Crippen LogP contribution >= 0.6 is 0 Å². The van der Waals surface area contributed by atoms with Crippen molar-refractivity contribution in [2.45, 2.75) is 90.5 Å². The summed E-state index contributed by atoms with van der Waals surface area (Å²) in [5.74, 6) is 1.47. The van der Waals surface area contributed by atoms with Crippen molar-refractivity contribution in [3.8, 4) is 16.9 Å². The first-order valence-corrected chi connectivity index (χ1v) is 16.0. The number of hydrogen-bond donors (Lipinski definition) is 1. The quantitative estimate of drug-likeness (QED) is 0.260. The van der Waals surface area contributed by atoms with Gasteiger partial charge < -0.3 is 14.7 Å². The van der Waals surface area contributed by atoms with E-state index in [1.165, 1.54) is 11.1 Å². The molecule has 5 rings (SSSR count). The van der Waals surface area contributed by atoms with Gasteiger partial charge >= 0.3 is 5.97 Å². The SMILES string of the molecule is COc1ccc([C@H]2CC[C@H](CN(c3cccc(-c4cnn(C(C)C)c4)c3)C(=O)[C@H]3CC[C@H](CC(=O)O)CC3)CC2)cc1C. The number of carboxylic acids is 1. The highest BCUT2D eigenvalue weighted by atomic mass is 16.5. The Morgan fingerprint density at radius 3 is 2.33 bits per heavy atom. The van der Waals surface area contributed by atoms with Gasteiger partial charge in [-0.1, -0.05) is 24.3 Å². The van der Waals surface area contributed by atoms with Crippen LogP contribution in [0.3, 0.4) is 0 Å². The predicted molar refractivity (Wildman–Crippen MR) is 171 cm³/mol. The normalized spacial score (nSPS) is 22.3. The van der Waals surface area contributed by atoms with Crippen LogP contribution < -0.4 is 9.64 Å². The lowest BCUT2D eigenvalue weighted by molar-refractivity contribution is -0.138. The summed E-state index contributed by atoms with van der Waals surface area (Å²) in [6.07, 6.45) is 11.7. The molecule has 1 heterocycles. The maximum Gasteiger partial charge on any atom is 0.303 e. The minimum Gasteiger partial charge on any atom is -0.496 e. The molecule has 2 aliphatic rings. The fraction of sp³-hybridized carbons (Fsp3) is 0.528. The molecular weight excluding hydrogens is 538 g/mol. The summed E-state index contributed by atoms with van der Waals surface area (Å²) in [7, 11) is 1.72. The van der Waals surface area contributed by atoms with E-state index in [4.69, 9.17) is 4.74 Å². The summed E-state index contributed by atoms with van der Waals surface area (Å²) >= 11 is 0. The van der Waals surface area contributed by atoms with Crippen molar-refractivity contribution in [3.63, 3.8) is 0 Å². The van der Waals surface area contributed by atoms with Gasteiger partial charge in [-0.2, -0.15) is 5.10 Å². The minimum absolute atomic E-state index is 0.0593. The third-order valence-corrected chi connectivity index (χ3v) is 9.72. The number of carboxylic acid groups (broad SMARTS) is 1. The van der Waals surface area contributed by atoms with E-state index in [0.717, 1.165) is 80.5 Å². The number of carbonyl (C=O) groups is 2. The topological polar surface area (TPSA) is 84.7 Å². The molecule has 1 N–H and O–H groups in total. The molecule has 2 saturated carbocycles. The summed E-state index contributed by atoms with van der Waals surface area (Å²) in [6.45, 7) is 7.05. The van der Waals surface area contributed by atoms with Gasteiger partial charge in [0.1, 0.15) is 5.75 Å². The van der Waals surface area contributed by atoms with Gasteiger partial charge in [0, 0.05) is 42.4 Å². The van der Waals surface area contributed by atoms with E-state index < -0.39 is 5.97 Å². The number of nitrogens with zero attached hydrogens (tertiary/aromatic N) is 3. The van der Waals surface area contributed by atoms with E-state index in [0.29, 0.717) is 11.8 Å². The van der Waals surface area contributed by atoms with Crippen molar-refractivity contribution < 1.29 is 19.4 Å². The zero-order valence-corrected chi connectivity index (χ0v) is 26.2. The minimum atomic E-state index is -0.741. The lowest BCUT2D eigenvalue weighted by atomic mass is 9.77. The van der Waals surface area contributed by atoms with Crippen molar-refractivity contribution in [2.75, 3.05) is 18.6 Å². The predicted octanol–water partition coefficient (Wildman–Crippen LogP) is 8.04. The number of anilines is 1. The van der Waals surface area contributed by atoms with Crippen LogP contribution in [0, 0.1) is 24.7 Å². The molecule has 0 unspecified atom stereocenters. The molecule has 0 spiro atoms. The Morgan fingerprint density at radius 2 is 1.70 bits per heavy atom. The highest BCUT2D eigenvalue weighted by molar-refractivity contribution is 5.95. The van der Waals surface area contributed by atoms with Crippen LogP contribution in [-0.4, -0.2) is 40.4 Å². The molecular formula is C36H47N3O4. The Balaban J connectivity index is 1.33. The summed E-state index contributed by atoms with van der Waals surface area (Å²) in [6, 6.07) is 15.2. The fourth-order valence-electron chi connectivity index (χ4n) is 7.12. The molecule has 7 heteroatoms. The molecule has 0 aliphatic heterocycles. The van der Waals surface area contributed by atoms with Gasteiger partial charge in [0.2, 0.25) is 5.91 Å². The number of aliphatic carboxylic acids is 1. The molecule has 1 amide bonds. The highest BCUT2D eigenvalue weighted by Gasteiger charge is 2.33. The summed E-state index contributed by atoms with van der Waals surface area (Å²) in [4.78, 5) is 27.5. The number of ether oxygens (including phenoxy) is 1. The van der Waals surface area contributed by atoms with Crippen molar-refractivity contribution >= 4 is 17.6 Å². The Kier molecular flexibility index (Phi) is 9.89. The number of hydrogen-bond acceptors (Lipinski definition) is 4. The number of methoxy groups -OCH3 is 1. The number of carbonyl (C=O) groups excluding carboxylic acids is 1. The molecule has 0 atom stereocenters. The van der Waals surface area contributed by atoms with E-state index in [9.17, 15) is 14.7 Å². The number of rotatable bonds is 10.